The predicted molar refractivity (Wildman–Crippen MR) is 91.8 cm³/mol. The molecule has 0 aliphatic heterocycles. The fraction of sp³-hybridized carbons (Fsp3) is 0.562. The molecule has 0 aliphatic carbocycles. The van der Waals surface area contributed by atoms with Crippen LogP contribution in [0.4, 0.5) is 4.79 Å². The summed E-state index contributed by atoms with van der Waals surface area (Å²) in [6.45, 7) is 6.77. The van der Waals surface area contributed by atoms with Crippen LogP contribution in [0.3, 0.4) is 0 Å². The van der Waals surface area contributed by atoms with Gasteiger partial charge in [-0.1, -0.05) is 43.1 Å². The third-order valence-electron chi connectivity index (χ3n) is 2.90. The lowest BCUT2D eigenvalue weighted by Crippen LogP contribution is -2.37. The van der Waals surface area contributed by atoms with Gasteiger partial charge in [-0.3, -0.25) is 0 Å². The molecule has 0 bridgehead atoms. The molecule has 0 spiro atoms. The van der Waals surface area contributed by atoms with Gasteiger partial charge in [-0.15, -0.1) is 0 Å². The maximum Gasteiger partial charge on any atom is 0.314 e. The Hall–Kier alpha value is -0.970. The van der Waals surface area contributed by atoms with Gasteiger partial charge < -0.3 is 15.4 Å². The van der Waals surface area contributed by atoms with Crippen LogP contribution in [0.25, 0.3) is 0 Å². The van der Waals surface area contributed by atoms with Crippen LogP contribution in [0, 0.1) is 5.92 Å². The molecule has 124 valence electrons. The van der Waals surface area contributed by atoms with Crippen LogP contribution in [-0.2, 0) is 11.2 Å². The number of hydrogen-bond acceptors (Lipinski definition) is 2. The number of halogens is 2. The van der Waals surface area contributed by atoms with E-state index in [1.54, 1.807) is 12.1 Å². The summed E-state index contributed by atoms with van der Waals surface area (Å²) in [4.78, 5) is 11.6. The summed E-state index contributed by atoms with van der Waals surface area (Å²) in [6.07, 6.45) is 1.48. The first kappa shape index (κ1) is 19.1. The number of rotatable bonds is 9. The Labute approximate surface area is 142 Å². The maximum atomic E-state index is 11.6. The molecular weight excluding hydrogens is 323 g/mol. The summed E-state index contributed by atoms with van der Waals surface area (Å²) in [6, 6.07) is 5.19. The number of hydrogen-bond donors (Lipinski definition) is 2. The lowest BCUT2D eigenvalue weighted by molar-refractivity contribution is 0.108. The number of nitrogens with one attached hydrogen (secondary N) is 2. The first-order valence-corrected chi connectivity index (χ1v) is 8.28. The van der Waals surface area contributed by atoms with Crippen molar-refractivity contribution in [3.63, 3.8) is 0 Å². The summed E-state index contributed by atoms with van der Waals surface area (Å²) >= 11 is 11.9. The van der Waals surface area contributed by atoms with Crippen molar-refractivity contribution in [2.75, 3.05) is 26.3 Å². The van der Waals surface area contributed by atoms with Gasteiger partial charge in [0.05, 0.1) is 0 Å². The Morgan fingerprint density at radius 3 is 2.64 bits per heavy atom. The van der Waals surface area contributed by atoms with Crippen LogP contribution in [-0.4, -0.2) is 32.3 Å². The summed E-state index contributed by atoms with van der Waals surface area (Å²) in [5.74, 6) is 0.538. The first-order valence-electron chi connectivity index (χ1n) is 7.52. The third kappa shape index (κ3) is 8.47. The van der Waals surface area contributed by atoms with Crippen molar-refractivity contribution in [2.45, 2.75) is 26.7 Å². The Morgan fingerprint density at radius 2 is 1.95 bits per heavy atom. The minimum atomic E-state index is -0.172. The minimum absolute atomic E-state index is 0.172. The minimum Gasteiger partial charge on any atom is -0.381 e. The standard InChI is InChI=1S/C16H24Cl2N2O2/c1-12(2)11-22-9-3-7-19-16(21)20-8-6-13-4-5-14(17)10-15(13)18/h4-5,10,12H,3,6-9,11H2,1-2H3,(H2,19,20,21). The van der Waals surface area contributed by atoms with Crippen molar-refractivity contribution in [1.82, 2.24) is 10.6 Å². The zero-order chi connectivity index (χ0) is 16.4. The third-order valence-corrected chi connectivity index (χ3v) is 3.48. The monoisotopic (exact) mass is 346 g/mol. The zero-order valence-corrected chi connectivity index (χ0v) is 14.6. The molecule has 6 heteroatoms. The van der Waals surface area contributed by atoms with E-state index in [9.17, 15) is 4.79 Å². The average Bonchev–Trinajstić information content (AvgIpc) is 2.44. The van der Waals surface area contributed by atoms with Crippen molar-refractivity contribution < 1.29 is 9.53 Å². The Balaban J connectivity index is 2.08. The van der Waals surface area contributed by atoms with E-state index >= 15 is 0 Å². The molecule has 2 N–H and O–H groups in total. The summed E-state index contributed by atoms with van der Waals surface area (Å²) in [5.41, 5.74) is 0.966. The van der Waals surface area contributed by atoms with Gasteiger partial charge in [0, 0.05) is 36.3 Å². The molecule has 2 amide bonds. The number of carbonyl (C=O) groups is 1. The van der Waals surface area contributed by atoms with Crippen LogP contribution in [0.1, 0.15) is 25.8 Å². The van der Waals surface area contributed by atoms with E-state index in [4.69, 9.17) is 27.9 Å². The van der Waals surface area contributed by atoms with Crippen LogP contribution in [0.2, 0.25) is 10.0 Å². The van der Waals surface area contributed by atoms with Crippen molar-refractivity contribution in [3.8, 4) is 0 Å². The van der Waals surface area contributed by atoms with Gasteiger partial charge >= 0.3 is 6.03 Å². The molecule has 0 aliphatic rings. The number of amides is 2. The molecule has 0 atom stereocenters. The highest BCUT2D eigenvalue weighted by Gasteiger charge is 2.03. The predicted octanol–water partition coefficient (Wildman–Crippen LogP) is 3.90. The second-order valence-electron chi connectivity index (χ2n) is 5.49. The summed E-state index contributed by atoms with van der Waals surface area (Å²) in [7, 11) is 0. The number of urea groups is 1. The molecule has 22 heavy (non-hydrogen) atoms. The molecule has 0 fully saturated rings. The lowest BCUT2D eigenvalue weighted by atomic mass is 10.1. The van der Waals surface area contributed by atoms with E-state index in [2.05, 4.69) is 24.5 Å². The summed E-state index contributed by atoms with van der Waals surface area (Å²) in [5, 5.41) is 6.83. The van der Waals surface area contributed by atoms with E-state index in [0.717, 1.165) is 18.6 Å². The van der Waals surface area contributed by atoms with E-state index in [0.29, 0.717) is 42.1 Å². The molecule has 0 heterocycles. The molecule has 0 unspecified atom stereocenters. The SMILES string of the molecule is CC(C)COCCCNC(=O)NCCc1ccc(Cl)cc1Cl. The molecule has 1 aromatic carbocycles. The van der Waals surface area contributed by atoms with Gasteiger partial charge in [0.1, 0.15) is 0 Å². The fourth-order valence-electron chi connectivity index (χ4n) is 1.79. The number of ether oxygens (including phenoxy) is 1. The van der Waals surface area contributed by atoms with Gasteiger partial charge in [0.15, 0.2) is 0 Å². The second kappa shape index (κ2) is 10.7. The van der Waals surface area contributed by atoms with Gasteiger partial charge in [0.2, 0.25) is 0 Å². The molecule has 1 aromatic rings. The van der Waals surface area contributed by atoms with Crippen molar-refractivity contribution >= 4 is 29.2 Å². The second-order valence-corrected chi connectivity index (χ2v) is 6.33. The normalized spacial score (nSPS) is 10.8. The quantitative estimate of drug-likeness (QED) is 0.666. The Bertz CT molecular complexity index is 467. The smallest absolute Gasteiger partial charge is 0.314 e. The molecule has 1 rings (SSSR count). The van der Waals surface area contributed by atoms with Gasteiger partial charge in [0.25, 0.3) is 0 Å². The summed E-state index contributed by atoms with van der Waals surface area (Å²) < 4.78 is 5.44. The molecule has 0 saturated heterocycles. The van der Waals surface area contributed by atoms with Gasteiger partial charge in [-0.05, 0) is 36.5 Å². The average molecular weight is 347 g/mol. The van der Waals surface area contributed by atoms with E-state index in [1.165, 1.54) is 0 Å². The van der Waals surface area contributed by atoms with Crippen LogP contribution in [0.15, 0.2) is 18.2 Å². The van der Waals surface area contributed by atoms with E-state index in [-0.39, 0.29) is 6.03 Å². The van der Waals surface area contributed by atoms with Crippen LogP contribution in [0.5, 0.6) is 0 Å². The molecule has 0 radical (unpaired) electrons. The lowest BCUT2D eigenvalue weighted by Gasteiger charge is -2.09. The number of benzene rings is 1. The molecule has 0 aromatic heterocycles. The van der Waals surface area contributed by atoms with Gasteiger partial charge in [-0.25, -0.2) is 4.79 Å². The molecular formula is C16H24Cl2N2O2. The Morgan fingerprint density at radius 1 is 1.23 bits per heavy atom. The van der Waals surface area contributed by atoms with Gasteiger partial charge in [-0.2, -0.15) is 0 Å². The molecule has 0 saturated carbocycles. The Kier molecular flexibility index (Phi) is 9.28. The topological polar surface area (TPSA) is 50.4 Å². The van der Waals surface area contributed by atoms with Crippen molar-refractivity contribution in [3.05, 3.63) is 33.8 Å². The van der Waals surface area contributed by atoms with Crippen molar-refractivity contribution in [2.24, 2.45) is 5.92 Å². The van der Waals surface area contributed by atoms with Crippen LogP contribution >= 0.6 is 23.2 Å². The fourth-order valence-corrected chi connectivity index (χ4v) is 2.30. The maximum absolute atomic E-state index is 11.6. The van der Waals surface area contributed by atoms with E-state index in [1.807, 2.05) is 6.07 Å². The zero-order valence-electron chi connectivity index (χ0n) is 13.1. The largest absolute Gasteiger partial charge is 0.381 e. The first-order chi connectivity index (χ1) is 10.5. The van der Waals surface area contributed by atoms with Crippen LogP contribution < -0.4 is 10.6 Å². The van der Waals surface area contributed by atoms with Crippen molar-refractivity contribution in [1.29, 1.82) is 0 Å². The molecule has 4 nitrogen and oxygen atoms in total. The number of carbonyl (C=O) groups excluding carboxylic acids is 1. The van der Waals surface area contributed by atoms with E-state index < -0.39 is 0 Å². The highest BCUT2D eigenvalue weighted by atomic mass is 35.5. The highest BCUT2D eigenvalue weighted by molar-refractivity contribution is 6.35. The highest BCUT2D eigenvalue weighted by Crippen LogP contribution is 2.20.